The van der Waals surface area contributed by atoms with Crippen LogP contribution in [0.4, 0.5) is 0 Å². The topological polar surface area (TPSA) is 63.6 Å². The molecular formula is C29H54O4. The molecule has 4 nitrogen and oxygen atoms in total. The van der Waals surface area contributed by atoms with Crippen molar-refractivity contribution in [2.75, 3.05) is 0 Å². The number of carbonyl (C=O) groups excluding carboxylic acids is 1. The van der Waals surface area contributed by atoms with Gasteiger partial charge in [-0.1, -0.05) is 91.9 Å². The van der Waals surface area contributed by atoms with Crippen molar-refractivity contribution in [2.24, 2.45) is 23.7 Å². The fourth-order valence-electron chi connectivity index (χ4n) is 5.01. The molecule has 194 valence electrons. The maximum atomic E-state index is 12.8. The molecular weight excluding hydrogens is 412 g/mol. The summed E-state index contributed by atoms with van der Waals surface area (Å²) in [6.07, 6.45) is 19.8. The number of hydrogen-bond acceptors (Lipinski definition) is 3. The maximum absolute atomic E-state index is 12.8. The number of ether oxygens (including phenoxy) is 1. The molecule has 1 N–H and O–H groups in total. The van der Waals surface area contributed by atoms with E-state index in [2.05, 4.69) is 27.7 Å². The number of aliphatic carboxylic acids is 1. The van der Waals surface area contributed by atoms with E-state index in [9.17, 15) is 14.7 Å². The van der Waals surface area contributed by atoms with Crippen molar-refractivity contribution < 1.29 is 19.4 Å². The van der Waals surface area contributed by atoms with Crippen molar-refractivity contribution in [1.29, 1.82) is 0 Å². The molecule has 1 aliphatic carbocycles. The van der Waals surface area contributed by atoms with Crippen LogP contribution in [0.1, 0.15) is 143 Å². The van der Waals surface area contributed by atoms with Crippen molar-refractivity contribution in [3.05, 3.63) is 0 Å². The smallest absolute Gasteiger partial charge is 0.309 e. The molecule has 1 rings (SSSR count). The number of unbranched alkanes of at least 4 members (excludes halogenated alkanes) is 8. The summed E-state index contributed by atoms with van der Waals surface area (Å²) in [5.41, 5.74) is 0. The highest BCUT2D eigenvalue weighted by Crippen LogP contribution is 2.30. The lowest BCUT2D eigenvalue weighted by atomic mass is 9.82. The molecule has 0 amide bonds. The largest absolute Gasteiger partial charge is 0.481 e. The Bertz CT molecular complexity index is 506. The first kappa shape index (κ1) is 30.0. The van der Waals surface area contributed by atoms with E-state index >= 15 is 0 Å². The van der Waals surface area contributed by atoms with Gasteiger partial charge in [-0.15, -0.1) is 0 Å². The van der Waals surface area contributed by atoms with Crippen LogP contribution in [0.3, 0.4) is 0 Å². The van der Waals surface area contributed by atoms with Crippen molar-refractivity contribution in [1.82, 2.24) is 0 Å². The molecule has 4 heteroatoms. The first-order chi connectivity index (χ1) is 15.8. The summed E-state index contributed by atoms with van der Waals surface area (Å²) in [5, 5.41) is 9.19. The summed E-state index contributed by atoms with van der Waals surface area (Å²) in [4.78, 5) is 24.0. The van der Waals surface area contributed by atoms with Crippen LogP contribution in [0.2, 0.25) is 0 Å². The molecule has 0 aromatic heterocycles. The first-order valence-electron chi connectivity index (χ1n) is 14.2. The summed E-state index contributed by atoms with van der Waals surface area (Å²) in [6, 6.07) is 0. The van der Waals surface area contributed by atoms with Gasteiger partial charge in [0.05, 0.1) is 11.8 Å². The second-order valence-corrected chi connectivity index (χ2v) is 11.4. The van der Waals surface area contributed by atoms with Gasteiger partial charge in [-0.3, -0.25) is 9.59 Å². The van der Waals surface area contributed by atoms with Gasteiger partial charge in [-0.25, -0.2) is 0 Å². The molecule has 1 aliphatic rings. The third-order valence-electron chi connectivity index (χ3n) is 7.31. The monoisotopic (exact) mass is 466 g/mol. The van der Waals surface area contributed by atoms with E-state index in [1.165, 1.54) is 64.2 Å². The van der Waals surface area contributed by atoms with Crippen molar-refractivity contribution in [3.63, 3.8) is 0 Å². The fraction of sp³-hybridized carbons (Fsp3) is 0.931. The van der Waals surface area contributed by atoms with Gasteiger partial charge in [0.1, 0.15) is 6.10 Å². The van der Waals surface area contributed by atoms with Crippen molar-refractivity contribution in [2.45, 2.75) is 149 Å². The zero-order chi connectivity index (χ0) is 24.5. The Hall–Kier alpha value is -1.06. The molecule has 0 bridgehead atoms. The van der Waals surface area contributed by atoms with E-state index in [-0.39, 0.29) is 23.9 Å². The molecule has 0 aromatic carbocycles. The highest BCUT2D eigenvalue weighted by molar-refractivity contribution is 5.74. The van der Waals surface area contributed by atoms with Crippen LogP contribution in [-0.4, -0.2) is 23.1 Å². The Morgan fingerprint density at radius 3 is 1.39 bits per heavy atom. The summed E-state index contributed by atoms with van der Waals surface area (Å²) in [5.74, 6) is 0.412. The molecule has 1 atom stereocenters. The average molecular weight is 467 g/mol. The van der Waals surface area contributed by atoms with Crippen LogP contribution in [-0.2, 0) is 14.3 Å². The minimum Gasteiger partial charge on any atom is -0.481 e. The molecule has 0 aliphatic heterocycles. The van der Waals surface area contributed by atoms with E-state index in [1.807, 2.05) is 0 Å². The summed E-state index contributed by atoms with van der Waals surface area (Å²) in [6.45, 7) is 9.15. The highest BCUT2D eigenvalue weighted by Gasteiger charge is 2.31. The van der Waals surface area contributed by atoms with Crippen LogP contribution in [0.25, 0.3) is 0 Å². The van der Waals surface area contributed by atoms with E-state index in [0.717, 1.165) is 37.5 Å². The minimum atomic E-state index is -0.721. The van der Waals surface area contributed by atoms with Gasteiger partial charge in [-0.2, -0.15) is 0 Å². The second kappa shape index (κ2) is 18.3. The number of esters is 1. The molecule has 0 radical (unpaired) electrons. The predicted octanol–water partition coefficient (Wildman–Crippen LogP) is 8.56. The molecule has 1 unspecified atom stereocenters. The SMILES string of the molecule is CC(C)CCCCCCCCC(CCCCCCC(C)C)OC(=O)C1CCC(C(=O)O)CC1. The van der Waals surface area contributed by atoms with Crippen LogP contribution in [0, 0.1) is 23.7 Å². The van der Waals surface area contributed by atoms with E-state index in [4.69, 9.17) is 4.74 Å². The fourth-order valence-corrected chi connectivity index (χ4v) is 5.01. The molecule has 1 saturated carbocycles. The molecule has 33 heavy (non-hydrogen) atoms. The Morgan fingerprint density at radius 1 is 0.636 bits per heavy atom. The normalized spacial score (nSPS) is 19.7. The van der Waals surface area contributed by atoms with Gasteiger partial charge in [0.2, 0.25) is 0 Å². The second-order valence-electron chi connectivity index (χ2n) is 11.4. The minimum absolute atomic E-state index is 0.0423. The molecule has 1 fully saturated rings. The molecule has 0 spiro atoms. The maximum Gasteiger partial charge on any atom is 0.309 e. The first-order valence-corrected chi connectivity index (χ1v) is 14.2. The van der Waals surface area contributed by atoms with Gasteiger partial charge < -0.3 is 9.84 Å². The van der Waals surface area contributed by atoms with Gasteiger partial charge >= 0.3 is 11.9 Å². The number of carboxylic acid groups (broad SMARTS) is 1. The van der Waals surface area contributed by atoms with Crippen molar-refractivity contribution in [3.8, 4) is 0 Å². The third-order valence-corrected chi connectivity index (χ3v) is 7.31. The van der Waals surface area contributed by atoms with Crippen LogP contribution < -0.4 is 0 Å². The summed E-state index contributed by atoms with van der Waals surface area (Å²) >= 11 is 0. The Balaban J connectivity index is 2.34. The van der Waals surface area contributed by atoms with E-state index in [0.29, 0.717) is 25.7 Å². The zero-order valence-corrected chi connectivity index (χ0v) is 22.3. The van der Waals surface area contributed by atoms with Gasteiger partial charge in [0.15, 0.2) is 0 Å². The standard InChI is InChI=1S/C29H54O4/c1-23(2)15-11-7-5-6-8-13-17-27(18-14-10-9-12-16-24(3)4)33-29(32)26-21-19-25(20-22-26)28(30)31/h23-27H,5-22H2,1-4H3,(H,30,31). The lowest BCUT2D eigenvalue weighted by molar-refractivity contribution is -0.158. The zero-order valence-electron chi connectivity index (χ0n) is 22.3. The van der Waals surface area contributed by atoms with Crippen LogP contribution in [0.5, 0.6) is 0 Å². The Kier molecular flexibility index (Phi) is 16.6. The van der Waals surface area contributed by atoms with Gasteiger partial charge in [0.25, 0.3) is 0 Å². The quantitative estimate of drug-likeness (QED) is 0.153. The molecule has 0 saturated heterocycles. The third kappa shape index (κ3) is 15.5. The number of rotatable bonds is 19. The number of carbonyl (C=O) groups is 2. The Labute approximate surface area is 204 Å². The number of carboxylic acids is 1. The Morgan fingerprint density at radius 2 is 1.00 bits per heavy atom. The van der Waals surface area contributed by atoms with Gasteiger partial charge in [0, 0.05) is 0 Å². The molecule has 0 heterocycles. The van der Waals surface area contributed by atoms with E-state index < -0.39 is 5.97 Å². The average Bonchev–Trinajstić information content (AvgIpc) is 2.77. The summed E-state index contributed by atoms with van der Waals surface area (Å²) in [7, 11) is 0. The van der Waals surface area contributed by atoms with Crippen LogP contribution >= 0.6 is 0 Å². The summed E-state index contributed by atoms with van der Waals surface area (Å²) < 4.78 is 6.02. The van der Waals surface area contributed by atoms with Crippen molar-refractivity contribution >= 4 is 11.9 Å². The molecule has 0 aromatic rings. The lowest BCUT2D eigenvalue weighted by Crippen LogP contribution is -2.29. The van der Waals surface area contributed by atoms with Crippen LogP contribution in [0.15, 0.2) is 0 Å². The number of hydrogen-bond donors (Lipinski definition) is 1. The van der Waals surface area contributed by atoms with Gasteiger partial charge in [-0.05, 0) is 63.2 Å². The van der Waals surface area contributed by atoms with E-state index in [1.54, 1.807) is 0 Å². The predicted molar refractivity (Wildman–Crippen MR) is 137 cm³/mol. The lowest BCUT2D eigenvalue weighted by Gasteiger charge is -2.27. The highest BCUT2D eigenvalue weighted by atomic mass is 16.5.